The van der Waals surface area contributed by atoms with Gasteiger partial charge in [-0.25, -0.2) is 4.98 Å². The van der Waals surface area contributed by atoms with Crippen LogP contribution in [0.15, 0.2) is 84.9 Å². The van der Waals surface area contributed by atoms with Gasteiger partial charge in [0.25, 0.3) is 0 Å². The summed E-state index contributed by atoms with van der Waals surface area (Å²) < 4.78 is 4.84. The van der Waals surface area contributed by atoms with Crippen LogP contribution in [0.25, 0.3) is 65.7 Å². The highest BCUT2D eigenvalue weighted by atomic mass is 15.2. The molecule has 9 rings (SSSR count). The second-order valence-corrected chi connectivity index (χ2v) is 10.8. The standard InChI is InChI=1S/C33H25N3/c1-2-8-20(9-3-1)25-15-27-26-14-21-10-4-6-12-23(21)17-29(26)36-32(27)31(19-25)35-30-18-24-13-7-5-11-22(24)16-28(30)34-33(35)36/h4-7,10-20H,1-3,8-9H2. The monoisotopic (exact) mass is 463 g/mol. The number of hydrogen-bond donors (Lipinski definition) is 0. The fourth-order valence-corrected chi connectivity index (χ4v) is 7.02. The Bertz CT molecular complexity index is 2140. The minimum atomic E-state index is 0.651. The summed E-state index contributed by atoms with van der Waals surface area (Å²) in [7, 11) is 0. The van der Waals surface area contributed by atoms with E-state index >= 15 is 0 Å². The lowest BCUT2D eigenvalue weighted by molar-refractivity contribution is 0.444. The van der Waals surface area contributed by atoms with Gasteiger partial charge in [-0.15, -0.1) is 0 Å². The van der Waals surface area contributed by atoms with Crippen molar-refractivity contribution in [3.63, 3.8) is 0 Å². The van der Waals surface area contributed by atoms with Crippen LogP contribution in [0.3, 0.4) is 0 Å². The van der Waals surface area contributed by atoms with Gasteiger partial charge in [0.15, 0.2) is 0 Å². The first kappa shape index (κ1) is 19.1. The highest BCUT2D eigenvalue weighted by Crippen LogP contribution is 2.42. The topological polar surface area (TPSA) is 21.7 Å². The van der Waals surface area contributed by atoms with Crippen LogP contribution in [-0.4, -0.2) is 13.8 Å². The minimum Gasteiger partial charge on any atom is -0.277 e. The molecule has 0 unspecified atom stereocenters. The van der Waals surface area contributed by atoms with E-state index in [1.165, 1.54) is 92.1 Å². The number of hydrogen-bond acceptors (Lipinski definition) is 1. The molecule has 0 amide bonds. The van der Waals surface area contributed by atoms with E-state index in [2.05, 4.69) is 93.7 Å². The SMILES string of the molecule is c1ccc2cc3c(cc2c1)nc1n3c2cc(C3CCCCC3)cc3c4cc5ccccc5cc4n1c32. The predicted molar refractivity (Wildman–Crippen MR) is 151 cm³/mol. The van der Waals surface area contributed by atoms with E-state index in [0.717, 1.165) is 11.3 Å². The maximum Gasteiger partial charge on any atom is 0.220 e. The maximum absolute atomic E-state index is 5.25. The van der Waals surface area contributed by atoms with E-state index in [4.69, 9.17) is 4.98 Å². The average Bonchev–Trinajstić information content (AvgIpc) is 3.55. The van der Waals surface area contributed by atoms with E-state index in [9.17, 15) is 0 Å². The Morgan fingerprint density at radius 2 is 1.25 bits per heavy atom. The first-order valence-electron chi connectivity index (χ1n) is 13.3. The summed E-state index contributed by atoms with van der Waals surface area (Å²) in [4.78, 5) is 5.25. The zero-order chi connectivity index (χ0) is 23.4. The van der Waals surface area contributed by atoms with E-state index < -0.39 is 0 Å². The van der Waals surface area contributed by atoms with Crippen LogP contribution in [0.5, 0.6) is 0 Å². The van der Waals surface area contributed by atoms with Gasteiger partial charge in [-0.1, -0.05) is 67.8 Å². The van der Waals surface area contributed by atoms with Crippen molar-refractivity contribution in [1.82, 2.24) is 13.8 Å². The molecule has 3 heteroatoms. The molecule has 8 aromatic rings. The molecular weight excluding hydrogens is 438 g/mol. The summed E-state index contributed by atoms with van der Waals surface area (Å²) in [5, 5.41) is 7.79. The Morgan fingerprint density at radius 1 is 0.583 bits per heavy atom. The molecule has 0 spiro atoms. The van der Waals surface area contributed by atoms with Crippen molar-refractivity contribution in [2.24, 2.45) is 0 Å². The van der Waals surface area contributed by atoms with Crippen LogP contribution >= 0.6 is 0 Å². The molecule has 1 fully saturated rings. The fraction of sp³-hybridized carbons (Fsp3) is 0.182. The Labute approximate surface area is 207 Å². The Balaban J connectivity index is 1.51. The number of fused-ring (bicyclic) bond motifs is 10. The Kier molecular flexibility index (Phi) is 3.59. The van der Waals surface area contributed by atoms with Gasteiger partial charge < -0.3 is 0 Å². The highest BCUT2D eigenvalue weighted by molar-refractivity contribution is 6.19. The first-order valence-corrected chi connectivity index (χ1v) is 13.3. The molecule has 0 bridgehead atoms. The molecule has 172 valence electrons. The van der Waals surface area contributed by atoms with E-state index in [1.54, 1.807) is 0 Å². The zero-order valence-electron chi connectivity index (χ0n) is 20.0. The van der Waals surface area contributed by atoms with Crippen molar-refractivity contribution in [2.45, 2.75) is 38.0 Å². The zero-order valence-corrected chi connectivity index (χ0v) is 20.0. The third-order valence-electron chi connectivity index (χ3n) is 8.75. The van der Waals surface area contributed by atoms with Crippen LogP contribution in [-0.2, 0) is 0 Å². The molecule has 3 heterocycles. The molecule has 3 aromatic heterocycles. The van der Waals surface area contributed by atoms with Crippen molar-refractivity contribution in [3.8, 4) is 0 Å². The van der Waals surface area contributed by atoms with Crippen molar-refractivity contribution < 1.29 is 0 Å². The summed E-state index contributed by atoms with van der Waals surface area (Å²) in [5.41, 5.74) is 7.61. The van der Waals surface area contributed by atoms with Crippen LogP contribution in [0.4, 0.5) is 0 Å². The molecule has 0 radical (unpaired) electrons. The van der Waals surface area contributed by atoms with Gasteiger partial charge in [0, 0.05) is 10.8 Å². The van der Waals surface area contributed by atoms with Gasteiger partial charge in [0.05, 0.1) is 27.6 Å². The summed E-state index contributed by atoms with van der Waals surface area (Å²) in [6.45, 7) is 0. The molecule has 0 saturated heterocycles. The van der Waals surface area contributed by atoms with Crippen LogP contribution in [0.1, 0.15) is 43.6 Å². The van der Waals surface area contributed by atoms with E-state index in [0.29, 0.717) is 5.92 Å². The lowest BCUT2D eigenvalue weighted by Gasteiger charge is -2.22. The van der Waals surface area contributed by atoms with Crippen molar-refractivity contribution in [1.29, 1.82) is 0 Å². The smallest absolute Gasteiger partial charge is 0.220 e. The molecule has 0 atom stereocenters. The van der Waals surface area contributed by atoms with Gasteiger partial charge in [-0.3, -0.25) is 8.80 Å². The third kappa shape index (κ3) is 2.40. The molecule has 0 N–H and O–H groups in total. The molecule has 3 nitrogen and oxygen atoms in total. The molecule has 1 aliphatic rings. The quantitative estimate of drug-likeness (QED) is 0.238. The molecule has 36 heavy (non-hydrogen) atoms. The predicted octanol–water partition coefficient (Wildman–Crippen LogP) is 8.84. The van der Waals surface area contributed by atoms with Crippen molar-refractivity contribution in [3.05, 3.63) is 90.5 Å². The molecule has 1 aliphatic carbocycles. The normalized spacial score (nSPS) is 15.7. The van der Waals surface area contributed by atoms with Crippen molar-refractivity contribution >= 4 is 65.7 Å². The number of nitrogens with zero attached hydrogens (tertiary/aromatic N) is 3. The summed E-state index contributed by atoms with van der Waals surface area (Å²) >= 11 is 0. The lowest BCUT2D eigenvalue weighted by atomic mass is 9.83. The van der Waals surface area contributed by atoms with Crippen molar-refractivity contribution in [2.75, 3.05) is 0 Å². The number of aromatic nitrogens is 3. The van der Waals surface area contributed by atoms with Gasteiger partial charge >= 0.3 is 0 Å². The van der Waals surface area contributed by atoms with E-state index in [1.807, 2.05) is 0 Å². The molecular formula is C33H25N3. The summed E-state index contributed by atoms with van der Waals surface area (Å²) in [5.74, 6) is 1.67. The Hall–Kier alpha value is -4.11. The minimum absolute atomic E-state index is 0.651. The van der Waals surface area contributed by atoms with Gasteiger partial charge in [-0.2, -0.15) is 0 Å². The van der Waals surface area contributed by atoms with Gasteiger partial charge in [0.2, 0.25) is 5.78 Å². The Morgan fingerprint density at radius 3 is 2.00 bits per heavy atom. The average molecular weight is 464 g/mol. The molecule has 0 aliphatic heterocycles. The summed E-state index contributed by atoms with van der Waals surface area (Å²) in [6, 6.07) is 31.7. The highest BCUT2D eigenvalue weighted by Gasteiger charge is 2.24. The second-order valence-electron chi connectivity index (χ2n) is 10.8. The molecule has 5 aromatic carbocycles. The third-order valence-corrected chi connectivity index (χ3v) is 8.75. The number of benzene rings is 5. The first-order chi connectivity index (χ1) is 17.8. The maximum atomic E-state index is 5.25. The van der Waals surface area contributed by atoms with Crippen LogP contribution < -0.4 is 0 Å². The van der Waals surface area contributed by atoms with Crippen LogP contribution in [0, 0.1) is 0 Å². The second kappa shape index (κ2) is 6.76. The molecule has 1 saturated carbocycles. The summed E-state index contributed by atoms with van der Waals surface area (Å²) in [6.07, 6.45) is 6.66. The fourth-order valence-electron chi connectivity index (χ4n) is 7.02. The number of rotatable bonds is 1. The lowest BCUT2D eigenvalue weighted by Crippen LogP contribution is -2.04. The van der Waals surface area contributed by atoms with Crippen LogP contribution in [0.2, 0.25) is 0 Å². The van der Waals surface area contributed by atoms with E-state index in [-0.39, 0.29) is 0 Å². The number of imidazole rings is 2. The van der Waals surface area contributed by atoms with Gasteiger partial charge in [-0.05, 0) is 82.3 Å². The largest absolute Gasteiger partial charge is 0.277 e. The van der Waals surface area contributed by atoms with Gasteiger partial charge in [0.1, 0.15) is 0 Å².